The maximum absolute atomic E-state index is 15.7. The molecule has 16 heteroatoms. The molecule has 2 aliphatic rings. The number of nitrogens with zero attached hydrogens (tertiary/aromatic N) is 3. The van der Waals surface area contributed by atoms with E-state index in [1.54, 1.807) is 55.9 Å². The Morgan fingerprint density at radius 1 is 0.768 bits per heavy atom. The summed E-state index contributed by atoms with van der Waals surface area (Å²) in [7, 11) is -2.10. The standard InChI is InChI=1S/C40H53FN4O10S/c1-9-56(49,50)42-26-10-12-33(53-34-13-11-29(23-32(34)41)51-27-14-18-44(19-15-27)37(47)54-39(2,3)4)30(22-26)31-25-43(8)36(46)24-35(31)52-28-16-20-45(21-17-28)38(48)55-40(5,6)7/h10-13,22-25,27-28,42H,9,14-21H2,1-8H3. The smallest absolute Gasteiger partial charge is 0.410 e. The average molecular weight is 801 g/mol. The molecule has 2 aliphatic heterocycles. The van der Waals surface area contributed by atoms with Crippen LogP contribution in [-0.2, 0) is 26.5 Å². The minimum absolute atomic E-state index is 0.123. The van der Waals surface area contributed by atoms with E-state index in [0.717, 1.165) is 0 Å². The summed E-state index contributed by atoms with van der Waals surface area (Å²) in [5.74, 6) is -0.326. The molecule has 306 valence electrons. The summed E-state index contributed by atoms with van der Waals surface area (Å²) in [6, 6.07) is 10.1. The first-order valence-corrected chi connectivity index (χ1v) is 20.5. The number of nitrogens with one attached hydrogen (secondary N) is 1. The van der Waals surface area contributed by atoms with Gasteiger partial charge in [-0.3, -0.25) is 9.52 Å². The Morgan fingerprint density at radius 2 is 1.30 bits per heavy atom. The van der Waals surface area contributed by atoms with E-state index in [4.69, 9.17) is 23.7 Å². The Bertz CT molecular complexity index is 2060. The lowest BCUT2D eigenvalue weighted by Gasteiger charge is -2.33. The molecule has 2 saturated heterocycles. The van der Waals surface area contributed by atoms with Crippen LogP contribution in [0.4, 0.5) is 19.7 Å². The van der Waals surface area contributed by atoms with Gasteiger partial charge in [0.1, 0.15) is 40.7 Å². The summed E-state index contributed by atoms with van der Waals surface area (Å²) >= 11 is 0. The van der Waals surface area contributed by atoms with Crippen LogP contribution >= 0.6 is 0 Å². The number of carbonyl (C=O) groups excluding carboxylic acids is 2. The van der Waals surface area contributed by atoms with E-state index in [0.29, 0.717) is 68.7 Å². The van der Waals surface area contributed by atoms with E-state index >= 15 is 4.39 Å². The number of amides is 2. The van der Waals surface area contributed by atoms with Gasteiger partial charge in [0, 0.05) is 94.1 Å². The number of anilines is 1. The fraction of sp³-hybridized carbons (Fsp3) is 0.525. The first kappa shape index (κ1) is 42.2. The van der Waals surface area contributed by atoms with E-state index < -0.39 is 33.1 Å². The van der Waals surface area contributed by atoms with Gasteiger partial charge < -0.3 is 38.1 Å². The molecule has 0 bridgehead atoms. The molecule has 0 spiro atoms. The number of hydrogen-bond donors (Lipinski definition) is 1. The summed E-state index contributed by atoms with van der Waals surface area (Å²) in [6.45, 7) is 14.0. The normalized spacial score (nSPS) is 15.9. The summed E-state index contributed by atoms with van der Waals surface area (Å²) in [6.07, 6.45) is 2.19. The molecule has 1 aromatic heterocycles. The molecule has 56 heavy (non-hydrogen) atoms. The molecule has 2 aromatic carbocycles. The predicted molar refractivity (Wildman–Crippen MR) is 210 cm³/mol. The van der Waals surface area contributed by atoms with Crippen LogP contribution in [0.25, 0.3) is 11.1 Å². The number of rotatable bonds is 10. The summed E-state index contributed by atoms with van der Waals surface area (Å²) in [5.41, 5.74) is -0.632. The highest BCUT2D eigenvalue weighted by molar-refractivity contribution is 7.92. The molecule has 1 N–H and O–H groups in total. The van der Waals surface area contributed by atoms with E-state index in [9.17, 15) is 22.8 Å². The summed E-state index contributed by atoms with van der Waals surface area (Å²) in [4.78, 5) is 41.3. The second kappa shape index (κ2) is 17.0. The van der Waals surface area contributed by atoms with Gasteiger partial charge in [-0.2, -0.15) is 0 Å². The third-order valence-corrected chi connectivity index (χ3v) is 10.3. The van der Waals surface area contributed by atoms with Crippen molar-refractivity contribution in [3.8, 4) is 34.1 Å². The molecule has 0 radical (unpaired) electrons. The van der Waals surface area contributed by atoms with E-state index in [1.807, 2.05) is 20.8 Å². The first-order chi connectivity index (χ1) is 26.2. The van der Waals surface area contributed by atoms with Crippen LogP contribution in [0, 0.1) is 5.82 Å². The van der Waals surface area contributed by atoms with Crippen LogP contribution in [0.5, 0.6) is 23.0 Å². The zero-order chi connectivity index (χ0) is 41.0. The van der Waals surface area contributed by atoms with Crippen molar-refractivity contribution in [1.29, 1.82) is 0 Å². The van der Waals surface area contributed by atoms with E-state index in [-0.39, 0.29) is 52.5 Å². The topological polar surface area (TPSA) is 155 Å². The minimum atomic E-state index is -3.67. The molecule has 0 atom stereocenters. The van der Waals surface area contributed by atoms with Gasteiger partial charge in [-0.05, 0) is 78.8 Å². The van der Waals surface area contributed by atoms with Gasteiger partial charge in [-0.1, -0.05) is 0 Å². The Kier molecular flexibility index (Phi) is 12.8. The lowest BCUT2D eigenvalue weighted by molar-refractivity contribution is 0.0115. The van der Waals surface area contributed by atoms with Crippen LogP contribution in [0.2, 0.25) is 0 Å². The van der Waals surface area contributed by atoms with Gasteiger partial charge in [0.05, 0.1) is 5.75 Å². The van der Waals surface area contributed by atoms with Gasteiger partial charge in [0.25, 0.3) is 5.56 Å². The number of hydrogen-bond acceptors (Lipinski definition) is 10. The molecule has 3 aromatic rings. The van der Waals surface area contributed by atoms with Gasteiger partial charge in [-0.25, -0.2) is 22.4 Å². The van der Waals surface area contributed by atoms with Crippen molar-refractivity contribution in [3.05, 3.63) is 64.8 Å². The number of piperidine rings is 2. The third-order valence-electron chi connectivity index (χ3n) is 9.02. The average Bonchev–Trinajstić information content (AvgIpc) is 3.10. The number of sulfonamides is 1. The van der Waals surface area contributed by atoms with Crippen molar-refractivity contribution in [2.75, 3.05) is 36.7 Å². The zero-order valence-corrected chi connectivity index (χ0v) is 34.2. The quantitative estimate of drug-likeness (QED) is 0.221. The second-order valence-corrected chi connectivity index (χ2v) is 18.0. The Hall–Kier alpha value is -4.99. The molecule has 5 rings (SSSR count). The van der Waals surface area contributed by atoms with Crippen LogP contribution in [-0.4, -0.2) is 90.3 Å². The largest absolute Gasteiger partial charge is 0.490 e. The van der Waals surface area contributed by atoms with Crippen molar-refractivity contribution < 1.29 is 46.1 Å². The number of aryl methyl sites for hydroxylation is 1. The van der Waals surface area contributed by atoms with Crippen LogP contribution in [0.15, 0.2) is 53.5 Å². The maximum Gasteiger partial charge on any atom is 0.410 e. The number of pyridine rings is 1. The molecule has 2 fully saturated rings. The highest BCUT2D eigenvalue weighted by Gasteiger charge is 2.30. The molecule has 14 nitrogen and oxygen atoms in total. The number of aromatic nitrogens is 1. The highest BCUT2D eigenvalue weighted by Crippen LogP contribution is 2.41. The maximum atomic E-state index is 15.7. The Labute approximate surface area is 327 Å². The lowest BCUT2D eigenvalue weighted by Crippen LogP contribution is -2.44. The fourth-order valence-corrected chi connectivity index (χ4v) is 6.78. The van der Waals surface area contributed by atoms with Gasteiger partial charge in [0.2, 0.25) is 10.0 Å². The van der Waals surface area contributed by atoms with Gasteiger partial charge >= 0.3 is 12.2 Å². The molecule has 0 aliphatic carbocycles. The van der Waals surface area contributed by atoms with Crippen molar-refractivity contribution >= 4 is 27.9 Å². The molecule has 3 heterocycles. The van der Waals surface area contributed by atoms with Crippen LogP contribution < -0.4 is 24.5 Å². The Morgan fingerprint density at radius 3 is 1.82 bits per heavy atom. The summed E-state index contributed by atoms with van der Waals surface area (Å²) in [5, 5.41) is 0. The van der Waals surface area contributed by atoms with Crippen LogP contribution in [0.3, 0.4) is 0 Å². The van der Waals surface area contributed by atoms with Crippen LogP contribution in [0.1, 0.15) is 74.1 Å². The molecular weight excluding hydrogens is 748 g/mol. The SMILES string of the molecule is CCS(=O)(=O)Nc1ccc(Oc2ccc(OC3CCN(C(=O)OC(C)(C)C)CC3)cc2F)c(-c2cn(C)c(=O)cc2OC2CCN(C(=O)OC(C)(C)C)CC2)c1. The second-order valence-electron chi connectivity index (χ2n) is 16.0. The third kappa shape index (κ3) is 11.5. The number of halogens is 1. The van der Waals surface area contributed by atoms with Crippen molar-refractivity contribution in [1.82, 2.24) is 14.4 Å². The lowest BCUT2D eigenvalue weighted by atomic mass is 10.0. The number of ether oxygens (including phenoxy) is 5. The minimum Gasteiger partial charge on any atom is -0.490 e. The molecule has 0 unspecified atom stereocenters. The molecule has 2 amide bonds. The first-order valence-electron chi connectivity index (χ1n) is 18.8. The molecular formula is C40H53FN4O10S. The van der Waals surface area contributed by atoms with E-state index in [1.165, 1.54) is 41.8 Å². The Balaban J connectivity index is 1.37. The number of likely N-dealkylation sites (tertiary alicyclic amines) is 2. The van der Waals surface area contributed by atoms with Crippen molar-refractivity contribution in [2.45, 2.75) is 97.6 Å². The predicted octanol–water partition coefficient (Wildman–Crippen LogP) is 7.30. The van der Waals surface area contributed by atoms with E-state index in [2.05, 4.69) is 4.72 Å². The van der Waals surface area contributed by atoms with Crippen molar-refractivity contribution in [3.63, 3.8) is 0 Å². The monoisotopic (exact) mass is 800 g/mol. The fourth-order valence-electron chi connectivity index (χ4n) is 6.15. The highest BCUT2D eigenvalue weighted by atomic mass is 32.2. The number of benzene rings is 2. The zero-order valence-electron chi connectivity index (χ0n) is 33.3. The molecule has 0 saturated carbocycles. The summed E-state index contributed by atoms with van der Waals surface area (Å²) < 4.78 is 74.3. The van der Waals surface area contributed by atoms with Crippen molar-refractivity contribution in [2.24, 2.45) is 7.05 Å². The van der Waals surface area contributed by atoms with Gasteiger partial charge in [-0.15, -0.1) is 0 Å². The van der Waals surface area contributed by atoms with Gasteiger partial charge in [0.15, 0.2) is 11.6 Å². The number of carbonyl (C=O) groups is 2.